The molecule has 0 aromatic heterocycles. The second kappa shape index (κ2) is 5.53. The van der Waals surface area contributed by atoms with E-state index in [1.807, 2.05) is 6.92 Å². The Morgan fingerprint density at radius 3 is 2.63 bits per heavy atom. The minimum Gasteiger partial charge on any atom is -0.496 e. The van der Waals surface area contributed by atoms with Crippen LogP contribution in [-0.4, -0.2) is 12.9 Å². The molecule has 0 aliphatic rings. The van der Waals surface area contributed by atoms with Gasteiger partial charge in [0, 0.05) is 11.1 Å². The Labute approximate surface area is 119 Å². The fourth-order valence-corrected chi connectivity index (χ4v) is 2.30. The van der Waals surface area contributed by atoms with Gasteiger partial charge in [0.15, 0.2) is 5.78 Å². The van der Waals surface area contributed by atoms with Gasteiger partial charge in [-0.3, -0.25) is 4.79 Å². The molecule has 0 N–H and O–H groups in total. The molecule has 0 aliphatic heterocycles. The highest BCUT2D eigenvalue weighted by atomic mass is 79.9. The average Bonchev–Trinajstić information content (AvgIpc) is 2.41. The van der Waals surface area contributed by atoms with Crippen molar-refractivity contribution in [2.45, 2.75) is 6.92 Å². The van der Waals surface area contributed by atoms with Gasteiger partial charge in [-0.1, -0.05) is 6.07 Å². The van der Waals surface area contributed by atoms with E-state index in [4.69, 9.17) is 4.74 Å². The molecular weight excluding hydrogens is 311 g/mol. The molecule has 0 saturated heterocycles. The lowest BCUT2D eigenvalue weighted by Gasteiger charge is -2.08. The Hall–Kier alpha value is -1.68. The molecule has 0 amide bonds. The van der Waals surface area contributed by atoms with Gasteiger partial charge in [-0.2, -0.15) is 0 Å². The van der Waals surface area contributed by atoms with Gasteiger partial charge in [0.25, 0.3) is 0 Å². The molecular formula is C15H12BrFO2. The number of ketones is 1. The van der Waals surface area contributed by atoms with Crippen molar-refractivity contribution in [3.05, 3.63) is 63.4 Å². The monoisotopic (exact) mass is 322 g/mol. The molecule has 0 aliphatic carbocycles. The predicted octanol–water partition coefficient (Wildman–Crippen LogP) is 4.14. The Morgan fingerprint density at radius 1 is 1.26 bits per heavy atom. The largest absolute Gasteiger partial charge is 0.496 e. The molecule has 2 aromatic rings. The molecule has 0 bridgehead atoms. The summed E-state index contributed by atoms with van der Waals surface area (Å²) in [5.74, 6) is 0.0445. The maximum absolute atomic E-state index is 13.4. The van der Waals surface area contributed by atoms with Gasteiger partial charge in [0.1, 0.15) is 11.6 Å². The van der Waals surface area contributed by atoms with Gasteiger partial charge in [0.2, 0.25) is 0 Å². The van der Waals surface area contributed by atoms with E-state index in [-0.39, 0.29) is 10.3 Å². The molecule has 2 rings (SSSR count). The van der Waals surface area contributed by atoms with Crippen molar-refractivity contribution in [2.75, 3.05) is 7.11 Å². The van der Waals surface area contributed by atoms with Crippen LogP contribution in [0, 0.1) is 12.7 Å². The molecule has 0 unspecified atom stereocenters. The van der Waals surface area contributed by atoms with E-state index >= 15 is 0 Å². The van der Waals surface area contributed by atoms with Crippen LogP contribution in [0.3, 0.4) is 0 Å². The first-order chi connectivity index (χ1) is 9.04. The number of carbonyl (C=O) groups is 1. The number of halogens is 2. The Bertz CT molecular complexity index is 638. The highest BCUT2D eigenvalue weighted by molar-refractivity contribution is 9.10. The topological polar surface area (TPSA) is 26.3 Å². The second-order valence-electron chi connectivity index (χ2n) is 4.11. The smallest absolute Gasteiger partial charge is 0.194 e. The highest BCUT2D eigenvalue weighted by Gasteiger charge is 2.15. The first-order valence-electron chi connectivity index (χ1n) is 5.68. The zero-order valence-corrected chi connectivity index (χ0v) is 12.1. The lowest BCUT2D eigenvalue weighted by molar-refractivity contribution is 0.103. The van der Waals surface area contributed by atoms with Gasteiger partial charge in [-0.15, -0.1) is 0 Å². The number of ether oxygens (including phenoxy) is 1. The maximum Gasteiger partial charge on any atom is 0.194 e. The molecule has 0 fully saturated rings. The lowest BCUT2D eigenvalue weighted by atomic mass is 10.0. The first-order valence-corrected chi connectivity index (χ1v) is 6.47. The summed E-state index contributed by atoms with van der Waals surface area (Å²) >= 11 is 3.10. The lowest BCUT2D eigenvalue weighted by Crippen LogP contribution is -2.04. The van der Waals surface area contributed by atoms with Crippen LogP contribution in [0.2, 0.25) is 0 Å². The van der Waals surface area contributed by atoms with Crippen molar-refractivity contribution < 1.29 is 13.9 Å². The van der Waals surface area contributed by atoms with Gasteiger partial charge in [-0.05, 0) is 58.7 Å². The number of methoxy groups -OCH3 is 1. The fraction of sp³-hybridized carbons (Fsp3) is 0.133. The summed E-state index contributed by atoms with van der Waals surface area (Å²) in [6.07, 6.45) is 0. The molecule has 0 heterocycles. The summed E-state index contributed by atoms with van der Waals surface area (Å²) in [7, 11) is 1.58. The van der Waals surface area contributed by atoms with E-state index in [2.05, 4.69) is 15.9 Å². The molecule has 0 spiro atoms. The number of aryl methyl sites for hydroxylation is 1. The Morgan fingerprint density at radius 2 is 2.00 bits per heavy atom. The van der Waals surface area contributed by atoms with Gasteiger partial charge >= 0.3 is 0 Å². The zero-order chi connectivity index (χ0) is 14.0. The third kappa shape index (κ3) is 2.68. The zero-order valence-electron chi connectivity index (χ0n) is 10.5. The van der Waals surface area contributed by atoms with Crippen LogP contribution in [-0.2, 0) is 0 Å². The van der Waals surface area contributed by atoms with Crippen molar-refractivity contribution in [1.82, 2.24) is 0 Å². The van der Waals surface area contributed by atoms with Crippen LogP contribution in [0.15, 0.2) is 40.9 Å². The average molecular weight is 323 g/mol. The molecule has 0 radical (unpaired) electrons. The molecule has 2 aromatic carbocycles. The number of benzene rings is 2. The van der Waals surface area contributed by atoms with E-state index in [1.165, 1.54) is 12.1 Å². The van der Waals surface area contributed by atoms with E-state index in [9.17, 15) is 9.18 Å². The molecule has 19 heavy (non-hydrogen) atoms. The van der Waals surface area contributed by atoms with Crippen LogP contribution >= 0.6 is 15.9 Å². The number of hydrogen-bond donors (Lipinski definition) is 0. The Kier molecular flexibility index (Phi) is 4.00. The van der Waals surface area contributed by atoms with E-state index in [0.29, 0.717) is 11.1 Å². The predicted molar refractivity (Wildman–Crippen MR) is 75.3 cm³/mol. The summed E-state index contributed by atoms with van der Waals surface area (Å²) in [6.45, 7) is 1.86. The minimum absolute atomic E-state index is 0.188. The van der Waals surface area contributed by atoms with E-state index < -0.39 is 5.82 Å². The molecule has 98 valence electrons. The van der Waals surface area contributed by atoms with E-state index in [1.54, 1.807) is 31.4 Å². The number of carbonyl (C=O) groups excluding carboxylic acids is 1. The fourth-order valence-electron chi connectivity index (χ4n) is 1.85. The van der Waals surface area contributed by atoms with Crippen molar-refractivity contribution in [2.24, 2.45) is 0 Å². The summed E-state index contributed by atoms with van der Waals surface area (Å²) < 4.78 is 18.8. The van der Waals surface area contributed by atoms with Crippen LogP contribution in [0.25, 0.3) is 0 Å². The summed E-state index contributed by atoms with van der Waals surface area (Å²) in [5.41, 5.74) is 1.68. The molecule has 0 atom stereocenters. The van der Waals surface area contributed by atoms with Gasteiger partial charge in [-0.25, -0.2) is 4.39 Å². The molecule has 2 nitrogen and oxygen atoms in total. The first kappa shape index (κ1) is 13.7. The summed E-state index contributed by atoms with van der Waals surface area (Å²) in [4.78, 5) is 12.3. The van der Waals surface area contributed by atoms with Crippen molar-refractivity contribution in [3.8, 4) is 5.75 Å². The van der Waals surface area contributed by atoms with Crippen LogP contribution < -0.4 is 4.74 Å². The van der Waals surface area contributed by atoms with Crippen LogP contribution in [0.1, 0.15) is 21.5 Å². The Balaban J connectivity index is 2.44. The highest BCUT2D eigenvalue weighted by Crippen LogP contribution is 2.25. The summed E-state index contributed by atoms with van der Waals surface area (Å²) in [5, 5.41) is 0. The standard InChI is InChI=1S/C15H12BrFO2/c1-9-8-10(6-7-13(9)19-2)15(18)11-4-3-5-12(17)14(11)16/h3-8H,1-2H3. The normalized spacial score (nSPS) is 10.3. The number of hydrogen-bond acceptors (Lipinski definition) is 2. The van der Waals surface area contributed by atoms with Crippen molar-refractivity contribution in [3.63, 3.8) is 0 Å². The minimum atomic E-state index is -0.448. The van der Waals surface area contributed by atoms with E-state index in [0.717, 1.165) is 11.3 Å². The molecule has 0 saturated carbocycles. The third-order valence-corrected chi connectivity index (χ3v) is 3.66. The quantitative estimate of drug-likeness (QED) is 0.794. The summed E-state index contributed by atoms with van der Waals surface area (Å²) in [6, 6.07) is 9.55. The second-order valence-corrected chi connectivity index (χ2v) is 4.91. The third-order valence-electron chi connectivity index (χ3n) is 2.85. The SMILES string of the molecule is COc1ccc(C(=O)c2cccc(F)c2Br)cc1C. The van der Waals surface area contributed by atoms with Crippen LogP contribution in [0.4, 0.5) is 4.39 Å². The van der Waals surface area contributed by atoms with Gasteiger partial charge in [0.05, 0.1) is 11.6 Å². The van der Waals surface area contributed by atoms with Crippen molar-refractivity contribution in [1.29, 1.82) is 0 Å². The van der Waals surface area contributed by atoms with Crippen molar-refractivity contribution >= 4 is 21.7 Å². The molecule has 4 heteroatoms. The van der Waals surface area contributed by atoms with Gasteiger partial charge < -0.3 is 4.74 Å². The maximum atomic E-state index is 13.4. The van der Waals surface area contributed by atoms with Crippen LogP contribution in [0.5, 0.6) is 5.75 Å². The number of rotatable bonds is 3.